The van der Waals surface area contributed by atoms with Crippen molar-refractivity contribution in [1.29, 1.82) is 0 Å². The molecule has 0 aromatic carbocycles. The monoisotopic (exact) mass is 520 g/mol. The van der Waals surface area contributed by atoms with Gasteiger partial charge in [-0.05, 0) is 31.6 Å². The smallest absolute Gasteiger partial charge is 0.236 e. The third kappa shape index (κ3) is 21.7. The molecule has 0 unspecified atom stereocenters. The van der Waals surface area contributed by atoms with E-state index in [0.29, 0.717) is 39.5 Å². The number of unbranched alkanes of at least 4 members (excludes halogenated alkanes) is 9. The second kappa shape index (κ2) is 23.2. The summed E-state index contributed by atoms with van der Waals surface area (Å²) in [5.41, 5.74) is 8.16. The molecule has 0 aliphatic carbocycles. The maximum absolute atomic E-state index is 12.5. The van der Waals surface area contributed by atoms with Gasteiger partial charge >= 0.3 is 0 Å². The van der Waals surface area contributed by atoms with E-state index in [1.54, 1.807) is 11.8 Å². The number of azide groups is 1. The fraction of sp³-hybridized carbons (Fsp3) is 0.913. The molecule has 10 heteroatoms. The highest BCUT2D eigenvalue weighted by atomic mass is 32.2. The Morgan fingerprint density at radius 2 is 1.55 bits per heavy atom. The highest BCUT2D eigenvalue weighted by molar-refractivity contribution is 8.47. The fourth-order valence-electron chi connectivity index (χ4n) is 2.95. The van der Waals surface area contributed by atoms with Crippen LogP contribution >= 0.6 is 35.7 Å². The Morgan fingerprint density at radius 3 is 2.15 bits per heavy atom. The lowest BCUT2D eigenvalue weighted by Crippen LogP contribution is -2.41. The molecule has 0 aromatic heterocycles. The van der Waals surface area contributed by atoms with Crippen LogP contribution in [0.25, 0.3) is 10.4 Å². The molecule has 1 N–H and O–H groups in total. The number of nitrogens with zero attached hydrogens (tertiary/aromatic N) is 3. The van der Waals surface area contributed by atoms with E-state index in [1.807, 2.05) is 13.8 Å². The molecule has 0 heterocycles. The summed E-state index contributed by atoms with van der Waals surface area (Å²) in [6, 6.07) is 0. The van der Waals surface area contributed by atoms with Gasteiger partial charge in [-0.3, -0.25) is 4.79 Å². The van der Waals surface area contributed by atoms with Crippen molar-refractivity contribution in [3.63, 3.8) is 0 Å². The van der Waals surface area contributed by atoms with Crippen molar-refractivity contribution in [2.75, 3.05) is 45.3 Å². The zero-order chi connectivity index (χ0) is 24.6. The van der Waals surface area contributed by atoms with Crippen molar-refractivity contribution in [2.45, 2.75) is 89.7 Å². The minimum absolute atomic E-state index is 0.0383. The van der Waals surface area contributed by atoms with Gasteiger partial charge in [0.15, 0.2) is 0 Å². The van der Waals surface area contributed by atoms with Crippen LogP contribution in [0.15, 0.2) is 5.11 Å². The lowest BCUT2D eigenvalue weighted by atomic mass is 10.1. The van der Waals surface area contributed by atoms with Crippen LogP contribution in [0.2, 0.25) is 0 Å². The van der Waals surface area contributed by atoms with Crippen molar-refractivity contribution < 1.29 is 14.3 Å². The topological polar surface area (TPSA) is 96.3 Å². The molecular formula is C23H44N4O3S3. The molecule has 0 aliphatic heterocycles. The van der Waals surface area contributed by atoms with Crippen molar-refractivity contribution >= 4 is 45.2 Å². The average Bonchev–Trinajstić information content (AvgIpc) is 2.78. The first kappa shape index (κ1) is 32.5. The van der Waals surface area contributed by atoms with Crippen LogP contribution in [0.5, 0.6) is 0 Å². The molecule has 0 rings (SSSR count). The fourth-order valence-corrected chi connectivity index (χ4v) is 6.03. The van der Waals surface area contributed by atoms with Crippen molar-refractivity contribution in [3.8, 4) is 0 Å². The van der Waals surface area contributed by atoms with Gasteiger partial charge in [0.25, 0.3) is 0 Å². The highest BCUT2D eigenvalue weighted by Gasteiger charge is 2.29. The van der Waals surface area contributed by atoms with Crippen LogP contribution in [0.4, 0.5) is 0 Å². The van der Waals surface area contributed by atoms with Crippen LogP contribution in [0.3, 0.4) is 0 Å². The molecular weight excluding hydrogens is 476 g/mol. The SMILES string of the molecule is CCCCCCCCCCCCSC(=S)SC(C)(C)C(=O)NCCOCCOCCN=[N+]=[N-]. The van der Waals surface area contributed by atoms with E-state index in [4.69, 9.17) is 27.2 Å². The number of nitrogens with one attached hydrogen (secondary N) is 1. The van der Waals surface area contributed by atoms with Crippen LogP contribution in [0, 0.1) is 0 Å². The largest absolute Gasteiger partial charge is 0.379 e. The maximum atomic E-state index is 12.5. The third-order valence-electron chi connectivity index (χ3n) is 4.91. The first-order chi connectivity index (χ1) is 15.9. The second-order valence-electron chi connectivity index (χ2n) is 8.33. The quantitative estimate of drug-likeness (QED) is 0.0548. The molecule has 0 saturated carbocycles. The van der Waals surface area contributed by atoms with Crippen molar-refractivity contribution in [2.24, 2.45) is 5.11 Å². The summed E-state index contributed by atoms with van der Waals surface area (Å²) in [6.45, 7) is 8.49. The predicted molar refractivity (Wildman–Crippen MR) is 147 cm³/mol. The number of hydrogen-bond donors (Lipinski definition) is 1. The summed E-state index contributed by atoms with van der Waals surface area (Å²) in [4.78, 5) is 15.1. The van der Waals surface area contributed by atoms with E-state index in [1.165, 1.54) is 76.0 Å². The number of thioether (sulfide) groups is 2. The zero-order valence-electron chi connectivity index (χ0n) is 20.8. The summed E-state index contributed by atoms with van der Waals surface area (Å²) < 4.78 is 10.9. The zero-order valence-corrected chi connectivity index (χ0v) is 23.3. The van der Waals surface area contributed by atoms with E-state index in [2.05, 4.69) is 22.3 Å². The summed E-state index contributed by atoms with van der Waals surface area (Å²) in [5, 5.41) is 6.29. The normalized spacial score (nSPS) is 11.2. The lowest BCUT2D eigenvalue weighted by Gasteiger charge is -2.23. The van der Waals surface area contributed by atoms with E-state index in [-0.39, 0.29) is 5.91 Å². The molecule has 0 bridgehead atoms. The Hall–Kier alpha value is -0.510. The average molecular weight is 521 g/mol. The van der Waals surface area contributed by atoms with E-state index in [0.717, 1.165) is 9.28 Å². The summed E-state index contributed by atoms with van der Waals surface area (Å²) in [6.07, 6.45) is 13.3. The number of thiocarbonyl (C=S) groups is 1. The van der Waals surface area contributed by atoms with Gasteiger partial charge in [0.1, 0.15) is 3.53 Å². The lowest BCUT2D eigenvalue weighted by molar-refractivity contribution is -0.122. The first-order valence-electron chi connectivity index (χ1n) is 12.2. The molecule has 7 nitrogen and oxygen atoms in total. The van der Waals surface area contributed by atoms with Crippen molar-refractivity contribution in [3.05, 3.63) is 10.4 Å². The van der Waals surface area contributed by atoms with E-state index < -0.39 is 4.75 Å². The Bertz CT molecular complexity index is 559. The molecule has 0 atom stereocenters. The van der Waals surface area contributed by atoms with Gasteiger partial charge < -0.3 is 14.8 Å². The highest BCUT2D eigenvalue weighted by Crippen LogP contribution is 2.31. The molecule has 192 valence electrons. The van der Waals surface area contributed by atoms with Gasteiger partial charge in [-0.15, -0.1) is 11.8 Å². The predicted octanol–water partition coefficient (Wildman–Crippen LogP) is 6.90. The summed E-state index contributed by atoms with van der Waals surface area (Å²) >= 11 is 8.65. The number of hydrogen-bond acceptors (Lipinski definition) is 7. The van der Waals surface area contributed by atoms with E-state index in [9.17, 15) is 4.79 Å². The van der Waals surface area contributed by atoms with E-state index >= 15 is 0 Å². The van der Waals surface area contributed by atoms with Gasteiger partial charge in [0.05, 0.1) is 31.2 Å². The molecule has 0 aromatic rings. The third-order valence-corrected chi connectivity index (χ3v) is 7.70. The second-order valence-corrected chi connectivity index (χ2v) is 12.2. The van der Waals surface area contributed by atoms with Crippen LogP contribution < -0.4 is 5.32 Å². The maximum Gasteiger partial charge on any atom is 0.236 e. The van der Waals surface area contributed by atoms with Gasteiger partial charge in [0, 0.05) is 18.0 Å². The van der Waals surface area contributed by atoms with Crippen LogP contribution in [-0.2, 0) is 14.3 Å². The first-order valence-corrected chi connectivity index (χ1v) is 14.5. The number of ether oxygens (including phenoxy) is 2. The minimum atomic E-state index is -0.605. The van der Waals surface area contributed by atoms with Gasteiger partial charge in [-0.1, -0.05) is 93.8 Å². The summed E-state index contributed by atoms with van der Waals surface area (Å²) in [5.74, 6) is 0.988. The molecule has 33 heavy (non-hydrogen) atoms. The Labute approximate surface area is 214 Å². The number of carbonyl (C=O) groups excluding carboxylic acids is 1. The Morgan fingerprint density at radius 1 is 0.970 bits per heavy atom. The standard InChI is InChI=1S/C23H44N4O3S3/c1-4-5-6-7-8-9-10-11-12-13-20-32-22(31)33-23(2,3)21(28)25-14-16-29-18-19-30-17-15-26-27-24/h4-20H2,1-3H3,(H,25,28). The van der Waals surface area contributed by atoms with Crippen LogP contribution in [0.1, 0.15) is 85.0 Å². The molecule has 0 aliphatic rings. The molecule has 1 amide bonds. The Kier molecular flexibility index (Phi) is 22.9. The van der Waals surface area contributed by atoms with Gasteiger partial charge in [-0.25, -0.2) is 0 Å². The molecule has 0 fully saturated rings. The van der Waals surface area contributed by atoms with Crippen LogP contribution in [-0.4, -0.2) is 59.5 Å². The molecule has 0 radical (unpaired) electrons. The van der Waals surface area contributed by atoms with Crippen molar-refractivity contribution in [1.82, 2.24) is 5.32 Å². The van der Waals surface area contributed by atoms with Gasteiger partial charge in [-0.2, -0.15) is 0 Å². The van der Waals surface area contributed by atoms with Gasteiger partial charge in [0.2, 0.25) is 5.91 Å². The number of amides is 1. The Balaban J connectivity index is 3.67. The number of carbonyl (C=O) groups is 1. The minimum Gasteiger partial charge on any atom is -0.379 e. The molecule has 0 spiro atoms. The molecule has 0 saturated heterocycles. The number of rotatable bonds is 22. The summed E-state index contributed by atoms with van der Waals surface area (Å²) in [7, 11) is 0.